The van der Waals surface area contributed by atoms with Crippen LogP contribution in [0.1, 0.15) is 5.56 Å². The SMILES string of the molecule is COc1c(Br)cccc1/C=C/C=O. The molecule has 0 N–H and O–H groups in total. The average Bonchev–Trinajstić information content (AvgIpc) is 2.15. The molecule has 0 bridgehead atoms. The van der Waals surface area contributed by atoms with E-state index in [0.717, 1.165) is 22.1 Å². The highest BCUT2D eigenvalue weighted by Crippen LogP contribution is 2.29. The molecule has 3 heteroatoms. The van der Waals surface area contributed by atoms with Gasteiger partial charge in [0.05, 0.1) is 11.6 Å². The minimum absolute atomic E-state index is 0.736. The van der Waals surface area contributed by atoms with Crippen LogP contribution >= 0.6 is 15.9 Å². The van der Waals surface area contributed by atoms with E-state index in [4.69, 9.17) is 4.74 Å². The molecule has 0 radical (unpaired) electrons. The number of ether oxygens (including phenoxy) is 1. The fourth-order valence-electron chi connectivity index (χ4n) is 1.02. The van der Waals surface area contributed by atoms with E-state index in [1.165, 1.54) is 6.08 Å². The monoisotopic (exact) mass is 240 g/mol. The molecule has 0 spiro atoms. The number of para-hydroxylation sites is 1. The molecule has 0 aliphatic heterocycles. The van der Waals surface area contributed by atoms with E-state index in [1.54, 1.807) is 13.2 Å². The number of benzene rings is 1. The molecular weight excluding hydrogens is 232 g/mol. The normalized spacial score (nSPS) is 10.3. The van der Waals surface area contributed by atoms with Gasteiger partial charge in [-0.2, -0.15) is 0 Å². The first-order chi connectivity index (χ1) is 6.29. The summed E-state index contributed by atoms with van der Waals surface area (Å²) in [6.45, 7) is 0. The van der Waals surface area contributed by atoms with Gasteiger partial charge in [-0.3, -0.25) is 4.79 Å². The van der Waals surface area contributed by atoms with Gasteiger partial charge in [0.1, 0.15) is 12.0 Å². The highest BCUT2D eigenvalue weighted by Gasteiger charge is 2.02. The number of hydrogen-bond donors (Lipinski definition) is 0. The van der Waals surface area contributed by atoms with E-state index in [1.807, 2.05) is 18.2 Å². The van der Waals surface area contributed by atoms with Crippen molar-refractivity contribution >= 4 is 28.3 Å². The predicted octanol–water partition coefficient (Wildman–Crippen LogP) is 2.67. The number of halogens is 1. The lowest BCUT2D eigenvalue weighted by Crippen LogP contribution is -1.87. The summed E-state index contributed by atoms with van der Waals surface area (Å²) < 4.78 is 6.04. The molecule has 0 aliphatic rings. The summed E-state index contributed by atoms with van der Waals surface area (Å²) in [5, 5.41) is 0. The van der Waals surface area contributed by atoms with E-state index >= 15 is 0 Å². The second-order valence-corrected chi connectivity index (χ2v) is 3.21. The summed E-state index contributed by atoms with van der Waals surface area (Å²) >= 11 is 3.35. The maximum atomic E-state index is 10.1. The first-order valence-electron chi connectivity index (χ1n) is 3.74. The molecule has 0 amide bonds. The maximum Gasteiger partial charge on any atom is 0.142 e. The van der Waals surface area contributed by atoms with Crippen LogP contribution in [0.25, 0.3) is 6.08 Å². The second kappa shape index (κ2) is 4.82. The van der Waals surface area contributed by atoms with Gasteiger partial charge >= 0.3 is 0 Å². The topological polar surface area (TPSA) is 26.3 Å². The molecule has 68 valence electrons. The number of aldehydes is 1. The number of allylic oxidation sites excluding steroid dienone is 1. The van der Waals surface area contributed by atoms with Crippen molar-refractivity contribution in [1.29, 1.82) is 0 Å². The Morgan fingerprint density at radius 3 is 2.85 bits per heavy atom. The molecule has 0 aromatic heterocycles. The van der Waals surface area contributed by atoms with Crippen LogP contribution in [0, 0.1) is 0 Å². The van der Waals surface area contributed by atoms with Crippen molar-refractivity contribution in [3.8, 4) is 5.75 Å². The zero-order chi connectivity index (χ0) is 9.68. The van der Waals surface area contributed by atoms with Gasteiger partial charge in [-0.15, -0.1) is 0 Å². The third-order valence-electron chi connectivity index (χ3n) is 1.56. The van der Waals surface area contributed by atoms with Crippen LogP contribution in [-0.4, -0.2) is 13.4 Å². The van der Waals surface area contributed by atoms with Crippen LogP contribution in [0.15, 0.2) is 28.7 Å². The molecular formula is C10H9BrO2. The third kappa shape index (κ3) is 2.42. The van der Waals surface area contributed by atoms with Crippen molar-refractivity contribution in [2.75, 3.05) is 7.11 Å². The van der Waals surface area contributed by atoms with Crippen molar-refractivity contribution in [3.63, 3.8) is 0 Å². The standard InChI is InChI=1S/C10H9BrO2/c1-13-10-8(5-3-7-12)4-2-6-9(10)11/h2-7H,1H3/b5-3+. The maximum absolute atomic E-state index is 10.1. The average molecular weight is 241 g/mol. The van der Waals surface area contributed by atoms with E-state index in [0.29, 0.717) is 0 Å². The van der Waals surface area contributed by atoms with Crippen LogP contribution < -0.4 is 4.74 Å². The third-order valence-corrected chi connectivity index (χ3v) is 2.18. The Bertz CT molecular complexity index is 332. The summed E-state index contributed by atoms with van der Waals surface area (Å²) in [5.41, 5.74) is 0.879. The zero-order valence-electron chi connectivity index (χ0n) is 7.16. The molecule has 13 heavy (non-hydrogen) atoms. The largest absolute Gasteiger partial charge is 0.495 e. The van der Waals surface area contributed by atoms with E-state index in [2.05, 4.69) is 15.9 Å². The number of methoxy groups -OCH3 is 1. The fourth-order valence-corrected chi connectivity index (χ4v) is 1.56. The number of hydrogen-bond acceptors (Lipinski definition) is 2. The summed E-state index contributed by atoms with van der Waals surface area (Å²) in [4.78, 5) is 10.1. The zero-order valence-corrected chi connectivity index (χ0v) is 8.74. The van der Waals surface area contributed by atoms with Crippen LogP contribution in [0.2, 0.25) is 0 Å². The summed E-state index contributed by atoms with van der Waals surface area (Å²) in [7, 11) is 1.60. The van der Waals surface area contributed by atoms with Crippen molar-refractivity contribution in [2.24, 2.45) is 0 Å². The lowest BCUT2D eigenvalue weighted by Gasteiger charge is -2.05. The predicted molar refractivity (Wildman–Crippen MR) is 55.8 cm³/mol. The van der Waals surface area contributed by atoms with Crippen molar-refractivity contribution in [2.45, 2.75) is 0 Å². The van der Waals surface area contributed by atoms with Crippen LogP contribution in [0.3, 0.4) is 0 Å². The lowest BCUT2D eigenvalue weighted by atomic mass is 10.2. The summed E-state index contributed by atoms with van der Waals surface area (Å²) in [6, 6.07) is 5.65. The quantitative estimate of drug-likeness (QED) is 0.600. The van der Waals surface area contributed by atoms with E-state index < -0.39 is 0 Å². The highest BCUT2D eigenvalue weighted by atomic mass is 79.9. The molecule has 1 rings (SSSR count). The Morgan fingerprint density at radius 2 is 2.23 bits per heavy atom. The van der Waals surface area contributed by atoms with Gasteiger partial charge in [0, 0.05) is 5.56 Å². The van der Waals surface area contributed by atoms with Crippen molar-refractivity contribution in [3.05, 3.63) is 34.3 Å². The Balaban J connectivity index is 3.12. The molecule has 1 aromatic carbocycles. The molecule has 0 atom stereocenters. The summed E-state index contributed by atoms with van der Waals surface area (Å²) in [5.74, 6) is 0.737. The van der Waals surface area contributed by atoms with Crippen LogP contribution in [-0.2, 0) is 4.79 Å². The van der Waals surface area contributed by atoms with Crippen molar-refractivity contribution in [1.82, 2.24) is 0 Å². The first kappa shape index (κ1) is 9.99. The molecule has 0 saturated heterocycles. The van der Waals surface area contributed by atoms with Gasteiger partial charge in [-0.25, -0.2) is 0 Å². The molecule has 0 unspecified atom stereocenters. The Labute approximate surface area is 85.3 Å². The Hall–Kier alpha value is -1.09. The lowest BCUT2D eigenvalue weighted by molar-refractivity contribution is -0.104. The molecule has 0 fully saturated rings. The van der Waals surface area contributed by atoms with Gasteiger partial charge in [0.15, 0.2) is 0 Å². The molecule has 0 saturated carbocycles. The van der Waals surface area contributed by atoms with Gasteiger partial charge < -0.3 is 4.74 Å². The summed E-state index contributed by atoms with van der Waals surface area (Å²) in [6.07, 6.45) is 3.88. The fraction of sp³-hybridized carbons (Fsp3) is 0.100. The number of rotatable bonds is 3. The minimum atomic E-state index is 0.736. The minimum Gasteiger partial charge on any atom is -0.495 e. The molecule has 2 nitrogen and oxygen atoms in total. The number of carbonyl (C=O) groups is 1. The second-order valence-electron chi connectivity index (χ2n) is 2.36. The Morgan fingerprint density at radius 1 is 1.46 bits per heavy atom. The van der Waals surface area contributed by atoms with E-state index in [-0.39, 0.29) is 0 Å². The smallest absolute Gasteiger partial charge is 0.142 e. The van der Waals surface area contributed by atoms with Gasteiger partial charge in [-0.05, 0) is 34.1 Å². The van der Waals surface area contributed by atoms with Crippen molar-refractivity contribution < 1.29 is 9.53 Å². The molecule has 0 aliphatic carbocycles. The van der Waals surface area contributed by atoms with Crippen LogP contribution in [0.4, 0.5) is 0 Å². The van der Waals surface area contributed by atoms with E-state index in [9.17, 15) is 4.79 Å². The van der Waals surface area contributed by atoms with Crippen LogP contribution in [0.5, 0.6) is 5.75 Å². The molecule has 1 aromatic rings. The van der Waals surface area contributed by atoms with Gasteiger partial charge in [0.2, 0.25) is 0 Å². The Kier molecular flexibility index (Phi) is 3.71. The van der Waals surface area contributed by atoms with Gasteiger partial charge in [0.25, 0.3) is 0 Å². The first-order valence-corrected chi connectivity index (χ1v) is 4.53. The highest BCUT2D eigenvalue weighted by molar-refractivity contribution is 9.10. The molecule has 0 heterocycles. The van der Waals surface area contributed by atoms with Gasteiger partial charge in [-0.1, -0.05) is 12.1 Å². The number of carbonyl (C=O) groups excluding carboxylic acids is 1.